The largest absolute Gasteiger partial charge is 0.378 e. The van der Waals surface area contributed by atoms with Gasteiger partial charge >= 0.3 is 0 Å². The number of Topliss-reactive ketones (excluding diaryl/α,β-unsaturated/α-hetero) is 1. The second kappa shape index (κ2) is 10.7. The molecule has 3 saturated heterocycles. The quantitative estimate of drug-likeness (QED) is 0.477. The number of hydrogen-bond donors (Lipinski definition) is 0. The van der Waals surface area contributed by atoms with E-state index in [0.717, 1.165) is 12.8 Å². The number of carbonyl (C=O) groups excluding carboxylic acids is 3. The maximum absolute atomic E-state index is 16.3. The van der Waals surface area contributed by atoms with E-state index in [-0.39, 0.29) is 47.8 Å². The molecule has 4 aliphatic heterocycles. The van der Waals surface area contributed by atoms with Crippen LogP contribution < -0.4 is 0 Å². The van der Waals surface area contributed by atoms with Crippen LogP contribution in [0.25, 0.3) is 0 Å². The number of amides is 2. The van der Waals surface area contributed by atoms with Crippen LogP contribution in [0.4, 0.5) is 4.39 Å². The van der Waals surface area contributed by atoms with Crippen molar-refractivity contribution < 1.29 is 28.2 Å². The standard InChI is InChI=1S/C30H43FN4O5/c1-18(36)32-6-8-33(9-7-32)27-23(31)16-21-26-29(27)40-25-15-20-5-3-2-4-19(20)14-24(25)35(26)17-22(28(21)37)30(38)34-10-12-39-13-11-34/h17,19-21,23-27,29H,2-16H2,1H3. The molecule has 9 atom stereocenters. The molecule has 7 aliphatic rings. The predicted molar refractivity (Wildman–Crippen MR) is 144 cm³/mol. The Kier molecular flexibility index (Phi) is 7.15. The fourth-order valence-corrected chi connectivity index (χ4v) is 9.13. The van der Waals surface area contributed by atoms with Gasteiger partial charge in [0.15, 0.2) is 5.78 Å². The first-order chi connectivity index (χ1) is 19.4. The van der Waals surface area contributed by atoms with Crippen LogP contribution in [-0.2, 0) is 23.9 Å². The van der Waals surface area contributed by atoms with Gasteiger partial charge in [0, 0.05) is 58.3 Å². The van der Waals surface area contributed by atoms with Gasteiger partial charge in [-0.3, -0.25) is 19.3 Å². The SMILES string of the molecule is CC(=O)N1CCN(C2C(F)CC3C(=O)C(C(=O)N4CCOCC4)=CN4C5CC6CCCCC6CC5OC2C34)CC1. The first-order valence-corrected chi connectivity index (χ1v) is 15.6. The van der Waals surface area contributed by atoms with Crippen LogP contribution in [0.5, 0.6) is 0 Å². The molecular formula is C30H43FN4O5. The summed E-state index contributed by atoms with van der Waals surface area (Å²) in [5, 5.41) is 0. The molecule has 6 fully saturated rings. The molecule has 7 rings (SSSR count). The summed E-state index contributed by atoms with van der Waals surface area (Å²) in [6, 6.07) is -0.617. The first kappa shape index (κ1) is 26.8. The van der Waals surface area contributed by atoms with Crippen molar-refractivity contribution in [1.29, 1.82) is 0 Å². The normalized spacial score (nSPS) is 42.0. The highest BCUT2D eigenvalue weighted by Gasteiger charge is 2.61. The van der Waals surface area contributed by atoms with Gasteiger partial charge in [-0.25, -0.2) is 4.39 Å². The molecular weight excluding hydrogens is 515 g/mol. The molecule has 220 valence electrons. The van der Waals surface area contributed by atoms with E-state index >= 15 is 4.39 Å². The van der Waals surface area contributed by atoms with Crippen LogP contribution >= 0.6 is 0 Å². The Hall–Kier alpha value is -2.04. The van der Waals surface area contributed by atoms with E-state index in [0.29, 0.717) is 64.3 Å². The first-order valence-electron chi connectivity index (χ1n) is 15.6. The lowest BCUT2D eigenvalue weighted by Gasteiger charge is -2.62. The van der Waals surface area contributed by atoms with Gasteiger partial charge in [-0.05, 0) is 31.1 Å². The minimum atomic E-state index is -1.23. The van der Waals surface area contributed by atoms with Gasteiger partial charge in [0.25, 0.3) is 5.91 Å². The fraction of sp³-hybridized carbons (Fsp3) is 0.833. The summed E-state index contributed by atoms with van der Waals surface area (Å²) in [5.74, 6) is 0.271. The molecule has 0 radical (unpaired) electrons. The lowest BCUT2D eigenvalue weighted by atomic mass is 9.64. The summed E-state index contributed by atoms with van der Waals surface area (Å²) >= 11 is 0. The van der Waals surface area contributed by atoms with E-state index in [1.807, 2.05) is 11.1 Å². The zero-order chi connectivity index (χ0) is 27.5. The van der Waals surface area contributed by atoms with Crippen molar-refractivity contribution in [1.82, 2.24) is 19.6 Å². The summed E-state index contributed by atoms with van der Waals surface area (Å²) in [6.07, 6.45) is 7.22. The molecule has 0 aromatic carbocycles. The van der Waals surface area contributed by atoms with Crippen molar-refractivity contribution in [2.75, 3.05) is 52.5 Å². The van der Waals surface area contributed by atoms with Crippen molar-refractivity contribution in [3.8, 4) is 0 Å². The number of nitrogens with zero attached hydrogens (tertiary/aromatic N) is 4. The molecule has 9 unspecified atom stereocenters. The van der Waals surface area contributed by atoms with Crippen LogP contribution in [0.1, 0.15) is 51.9 Å². The van der Waals surface area contributed by atoms with Gasteiger partial charge in [0.2, 0.25) is 5.91 Å². The molecule has 9 nitrogen and oxygen atoms in total. The molecule has 10 heteroatoms. The highest BCUT2D eigenvalue weighted by Crippen LogP contribution is 2.50. The van der Waals surface area contributed by atoms with Gasteiger partial charge < -0.3 is 24.2 Å². The maximum atomic E-state index is 16.3. The molecule has 0 N–H and O–H groups in total. The third kappa shape index (κ3) is 4.49. The number of halogens is 1. The predicted octanol–water partition coefficient (Wildman–Crippen LogP) is 1.61. The Morgan fingerprint density at radius 2 is 1.60 bits per heavy atom. The number of rotatable bonds is 2. The summed E-state index contributed by atoms with van der Waals surface area (Å²) in [5.41, 5.74) is 0.217. The zero-order valence-electron chi connectivity index (χ0n) is 23.6. The lowest BCUT2D eigenvalue weighted by molar-refractivity contribution is -0.222. The molecule has 0 aromatic heterocycles. The topological polar surface area (TPSA) is 82.6 Å². The number of piperazine rings is 1. The Morgan fingerprint density at radius 1 is 0.900 bits per heavy atom. The monoisotopic (exact) mass is 558 g/mol. The van der Waals surface area contributed by atoms with Crippen molar-refractivity contribution in [3.63, 3.8) is 0 Å². The Balaban J connectivity index is 1.23. The number of hydrogen-bond acceptors (Lipinski definition) is 7. The van der Waals surface area contributed by atoms with E-state index in [2.05, 4.69) is 9.80 Å². The molecule has 3 aliphatic carbocycles. The van der Waals surface area contributed by atoms with Crippen LogP contribution in [-0.4, -0.2) is 126 Å². The molecule has 0 aromatic rings. The summed E-state index contributed by atoms with van der Waals surface area (Å²) in [4.78, 5) is 47.6. The minimum absolute atomic E-state index is 0.0308. The van der Waals surface area contributed by atoms with Crippen LogP contribution in [0, 0.1) is 17.8 Å². The highest BCUT2D eigenvalue weighted by atomic mass is 19.1. The second-order valence-corrected chi connectivity index (χ2v) is 13.1. The average molecular weight is 559 g/mol. The average Bonchev–Trinajstić information content (AvgIpc) is 2.97. The molecule has 2 amide bonds. The van der Waals surface area contributed by atoms with Gasteiger partial charge in [0.05, 0.1) is 49.1 Å². The van der Waals surface area contributed by atoms with E-state index < -0.39 is 24.2 Å². The minimum Gasteiger partial charge on any atom is -0.378 e. The van der Waals surface area contributed by atoms with E-state index in [9.17, 15) is 14.4 Å². The van der Waals surface area contributed by atoms with E-state index in [1.165, 1.54) is 25.7 Å². The van der Waals surface area contributed by atoms with E-state index in [4.69, 9.17) is 9.47 Å². The summed E-state index contributed by atoms with van der Waals surface area (Å²) in [7, 11) is 0. The molecule has 4 heterocycles. The molecule has 0 bridgehead atoms. The fourth-order valence-electron chi connectivity index (χ4n) is 9.13. The van der Waals surface area contributed by atoms with Gasteiger partial charge in [-0.1, -0.05) is 25.7 Å². The van der Waals surface area contributed by atoms with Gasteiger partial charge in [-0.15, -0.1) is 0 Å². The number of ether oxygens (including phenoxy) is 2. The van der Waals surface area contributed by atoms with Gasteiger partial charge in [0.1, 0.15) is 6.17 Å². The van der Waals surface area contributed by atoms with E-state index in [1.54, 1.807) is 11.8 Å². The van der Waals surface area contributed by atoms with Crippen LogP contribution in [0.15, 0.2) is 11.8 Å². The van der Waals surface area contributed by atoms with Crippen molar-refractivity contribution in [2.24, 2.45) is 17.8 Å². The van der Waals surface area contributed by atoms with Crippen LogP contribution in [0.3, 0.4) is 0 Å². The summed E-state index contributed by atoms with van der Waals surface area (Å²) in [6.45, 7) is 5.83. The Morgan fingerprint density at radius 3 is 2.30 bits per heavy atom. The highest BCUT2D eigenvalue weighted by molar-refractivity contribution is 6.20. The zero-order valence-corrected chi connectivity index (χ0v) is 23.6. The van der Waals surface area contributed by atoms with Gasteiger partial charge in [-0.2, -0.15) is 0 Å². The Labute approximate surface area is 236 Å². The summed E-state index contributed by atoms with van der Waals surface area (Å²) < 4.78 is 28.7. The lowest BCUT2D eigenvalue weighted by Crippen LogP contribution is -2.74. The second-order valence-electron chi connectivity index (χ2n) is 13.1. The third-order valence-corrected chi connectivity index (χ3v) is 11.2. The van der Waals surface area contributed by atoms with Crippen molar-refractivity contribution >= 4 is 17.6 Å². The number of alkyl halides is 1. The number of morpholine rings is 2. The molecule has 3 saturated carbocycles. The third-order valence-electron chi connectivity index (χ3n) is 11.2. The smallest absolute Gasteiger partial charge is 0.259 e. The molecule has 40 heavy (non-hydrogen) atoms. The number of carbonyl (C=O) groups is 3. The maximum Gasteiger partial charge on any atom is 0.259 e. The number of ketones is 1. The number of fused-ring (bicyclic) bond motifs is 3. The Bertz CT molecular complexity index is 1060. The van der Waals surface area contributed by atoms with Crippen LogP contribution in [0.2, 0.25) is 0 Å². The van der Waals surface area contributed by atoms with Crippen molar-refractivity contribution in [2.45, 2.75) is 88.4 Å². The molecule has 0 spiro atoms. The van der Waals surface area contributed by atoms with Crippen molar-refractivity contribution in [3.05, 3.63) is 11.8 Å².